The van der Waals surface area contributed by atoms with E-state index in [9.17, 15) is 4.39 Å². The largest absolute Gasteiger partial charge is 0.311 e. The van der Waals surface area contributed by atoms with Gasteiger partial charge in [-0.2, -0.15) is 0 Å². The summed E-state index contributed by atoms with van der Waals surface area (Å²) in [5.41, 5.74) is 0.904. The van der Waals surface area contributed by atoms with E-state index < -0.39 is 0 Å². The third-order valence-electron chi connectivity index (χ3n) is 4.09. The first kappa shape index (κ1) is 17.1. The minimum absolute atomic E-state index is 0.147. The molecule has 0 radical (unpaired) electrons. The highest BCUT2D eigenvalue weighted by Gasteiger charge is 2.22. The molecule has 0 aliphatic heterocycles. The van der Waals surface area contributed by atoms with E-state index in [-0.39, 0.29) is 11.9 Å². The Morgan fingerprint density at radius 1 is 1.30 bits per heavy atom. The van der Waals surface area contributed by atoms with Gasteiger partial charge in [-0.15, -0.1) is 0 Å². The predicted molar refractivity (Wildman–Crippen MR) is 82.2 cm³/mol. The maximum Gasteiger partial charge on any atom is 0.141 e. The Hall–Kier alpha value is -1.00. The normalized spacial score (nSPS) is 16.1. The van der Waals surface area contributed by atoms with Crippen LogP contribution < -0.4 is 5.32 Å². The van der Waals surface area contributed by atoms with Gasteiger partial charge in [0.1, 0.15) is 5.82 Å². The quantitative estimate of drug-likeness (QED) is 0.793. The van der Waals surface area contributed by atoms with Crippen LogP contribution in [0.15, 0.2) is 18.3 Å². The fourth-order valence-corrected chi connectivity index (χ4v) is 2.65. The van der Waals surface area contributed by atoms with E-state index in [1.807, 2.05) is 7.05 Å². The van der Waals surface area contributed by atoms with Crippen molar-refractivity contribution in [2.75, 3.05) is 20.1 Å². The molecular formula is C16H28FN3. The summed E-state index contributed by atoms with van der Waals surface area (Å²) in [5.74, 6) is 0.123. The van der Waals surface area contributed by atoms with Crippen molar-refractivity contribution in [1.82, 2.24) is 15.2 Å². The van der Waals surface area contributed by atoms with Crippen molar-refractivity contribution in [2.45, 2.75) is 46.2 Å². The van der Waals surface area contributed by atoms with Crippen LogP contribution in [0, 0.1) is 11.7 Å². The lowest BCUT2D eigenvalue weighted by Crippen LogP contribution is -2.39. The fourth-order valence-electron chi connectivity index (χ4n) is 2.65. The predicted octanol–water partition coefficient (Wildman–Crippen LogP) is 3.24. The van der Waals surface area contributed by atoms with Crippen molar-refractivity contribution in [1.29, 1.82) is 0 Å². The number of nitrogens with one attached hydrogen (secondary N) is 1. The molecule has 0 aliphatic rings. The summed E-state index contributed by atoms with van der Waals surface area (Å²) in [7, 11) is 1.94. The van der Waals surface area contributed by atoms with Gasteiger partial charge in [0, 0.05) is 12.6 Å². The van der Waals surface area contributed by atoms with Crippen LogP contribution in [-0.2, 0) is 0 Å². The van der Waals surface area contributed by atoms with Gasteiger partial charge < -0.3 is 10.2 Å². The number of nitrogens with zero attached hydrogens (tertiary/aromatic N) is 2. The summed E-state index contributed by atoms with van der Waals surface area (Å²) >= 11 is 0. The molecule has 3 atom stereocenters. The second-order valence-corrected chi connectivity index (χ2v) is 5.49. The molecule has 1 N–H and O–H groups in total. The van der Waals surface area contributed by atoms with Crippen molar-refractivity contribution >= 4 is 0 Å². The van der Waals surface area contributed by atoms with Crippen LogP contribution in [0.25, 0.3) is 0 Å². The van der Waals surface area contributed by atoms with E-state index in [0.29, 0.717) is 12.0 Å². The first-order valence-corrected chi connectivity index (χ1v) is 7.56. The lowest BCUT2D eigenvalue weighted by Gasteiger charge is -2.33. The van der Waals surface area contributed by atoms with Gasteiger partial charge in [0.15, 0.2) is 0 Å². The topological polar surface area (TPSA) is 28.2 Å². The molecule has 0 bridgehead atoms. The molecule has 0 aliphatic carbocycles. The summed E-state index contributed by atoms with van der Waals surface area (Å²) in [6.45, 7) is 11.0. The molecular weight excluding hydrogens is 253 g/mol. The Morgan fingerprint density at radius 2 is 2.00 bits per heavy atom. The molecule has 3 unspecified atom stereocenters. The molecule has 1 aromatic heterocycles. The molecule has 3 nitrogen and oxygen atoms in total. The molecule has 0 saturated carbocycles. The molecule has 0 spiro atoms. The standard InChI is InChI=1S/C16H28FN3/c1-6-13(4)20(7-2)11-12(3)16(18-5)15-9-8-14(17)10-19-15/h8-10,12-13,16,18H,6-7,11H2,1-5H3. The minimum Gasteiger partial charge on any atom is -0.311 e. The Kier molecular flexibility index (Phi) is 7.10. The number of hydrogen-bond acceptors (Lipinski definition) is 3. The van der Waals surface area contributed by atoms with E-state index in [4.69, 9.17) is 0 Å². The summed E-state index contributed by atoms with van der Waals surface area (Å²) in [6.07, 6.45) is 2.44. The molecule has 0 saturated heterocycles. The number of aromatic nitrogens is 1. The average Bonchev–Trinajstić information content (AvgIpc) is 2.46. The molecule has 0 aromatic carbocycles. The van der Waals surface area contributed by atoms with Crippen LogP contribution in [-0.4, -0.2) is 36.1 Å². The van der Waals surface area contributed by atoms with Crippen LogP contribution in [0.1, 0.15) is 45.9 Å². The van der Waals surface area contributed by atoms with Gasteiger partial charge in [-0.1, -0.05) is 20.8 Å². The lowest BCUT2D eigenvalue weighted by atomic mass is 9.97. The average molecular weight is 281 g/mol. The van der Waals surface area contributed by atoms with E-state index >= 15 is 0 Å². The van der Waals surface area contributed by atoms with Gasteiger partial charge in [0.25, 0.3) is 0 Å². The zero-order chi connectivity index (χ0) is 15.1. The van der Waals surface area contributed by atoms with E-state index in [1.165, 1.54) is 12.3 Å². The van der Waals surface area contributed by atoms with Gasteiger partial charge in [0.05, 0.1) is 17.9 Å². The number of hydrogen-bond donors (Lipinski definition) is 1. The summed E-state index contributed by atoms with van der Waals surface area (Å²) in [6, 6.07) is 3.98. The molecule has 0 amide bonds. The van der Waals surface area contributed by atoms with Crippen molar-refractivity contribution in [3.05, 3.63) is 29.8 Å². The van der Waals surface area contributed by atoms with E-state index in [2.05, 4.69) is 42.9 Å². The van der Waals surface area contributed by atoms with Crippen molar-refractivity contribution < 1.29 is 4.39 Å². The second-order valence-electron chi connectivity index (χ2n) is 5.49. The lowest BCUT2D eigenvalue weighted by molar-refractivity contribution is 0.169. The number of halogens is 1. The zero-order valence-corrected chi connectivity index (χ0v) is 13.4. The number of pyridine rings is 1. The molecule has 1 rings (SSSR count). The van der Waals surface area contributed by atoms with Crippen molar-refractivity contribution in [3.63, 3.8) is 0 Å². The van der Waals surface area contributed by atoms with Crippen molar-refractivity contribution in [3.8, 4) is 0 Å². The van der Waals surface area contributed by atoms with Crippen LogP contribution in [0.4, 0.5) is 4.39 Å². The van der Waals surface area contributed by atoms with Crippen LogP contribution in [0.3, 0.4) is 0 Å². The van der Waals surface area contributed by atoms with Crippen LogP contribution in [0.5, 0.6) is 0 Å². The molecule has 4 heteroatoms. The second kappa shape index (κ2) is 8.32. The van der Waals surface area contributed by atoms with Crippen LogP contribution >= 0.6 is 0 Å². The Morgan fingerprint density at radius 3 is 2.45 bits per heavy atom. The van der Waals surface area contributed by atoms with Gasteiger partial charge in [-0.3, -0.25) is 4.98 Å². The molecule has 114 valence electrons. The third-order valence-corrected chi connectivity index (χ3v) is 4.09. The Balaban J connectivity index is 2.76. The minimum atomic E-state index is -0.286. The molecule has 1 heterocycles. The Bertz CT molecular complexity index is 380. The maximum absolute atomic E-state index is 13.0. The van der Waals surface area contributed by atoms with Crippen molar-refractivity contribution in [2.24, 2.45) is 5.92 Å². The summed E-state index contributed by atoms with van der Waals surface area (Å²) in [4.78, 5) is 6.70. The smallest absolute Gasteiger partial charge is 0.141 e. The number of rotatable bonds is 8. The fraction of sp³-hybridized carbons (Fsp3) is 0.688. The van der Waals surface area contributed by atoms with E-state index in [0.717, 1.165) is 25.2 Å². The maximum atomic E-state index is 13.0. The highest BCUT2D eigenvalue weighted by Crippen LogP contribution is 2.22. The van der Waals surface area contributed by atoms with Gasteiger partial charge in [-0.05, 0) is 45.0 Å². The molecule has 0 fully saturated rings. The van der Waals surface area contributed by atoms with Gasteiger partial charge in [0.2, 0.25) is 0 Å². The van der Waals surface area contributed by atoms with Gasteiger partial charge in [-0.25, -0.2) is 4.39 Å². The monoisotopic (exact) mass is 281 g/mol. The highest BCUT2D eigenvalue weighted by molar-refractivity contribution is 5.11. The van der Waals surface area contributed by atoms with Crippen LogP contribution in [0.2, 0.25) is 0 Å². The summed E-state index contributed by atoms with van der Waals surface area (Å²) < 4.78 is 13.0. The Labute approximate surface area is 122 Å². The molecule has 20 heavy (non-hydrogen) atoms. The van der Waals surface area contributed by atoms with Gasteiger partial charge >= 0.3 is 0 Å². The highest BCUT2D eigenvalue weighted by atomic mass is 19.1. The van der Waals surface area contributed by atoms with E-state index in [1.54, 1.807) is 6.07 Å². The SMILES string of the molecule is CCC(C)N(CC)CC(C)C(NC)c1ccc(F)cn1. The first-order chi connectivity index (χ1) is 9.53. The first-order valence-electron chi connectivity index (χ1n) is 7.56. The molecule has 1 aromatic rings. The summed E-state index contributed by atoms with van der Waals surface area (Å²) in [5, 5.41) is 3.31. The zero-order valence-electron chi connectivity index (χ0n) is 13.4. The third kappa shape index (κ3) is 4.53.